The molecule has 0 atom stereocenters. The van der Waals surface area contributed by atoms with Gasteiger partial charge in [-0.15, -0.1) is 0 Å². The largest absolute Gasteiger partial charge is 0.453 e. The summed E-state index contributed by atoms with van der Waals surface area (Å²) in [4.78, 5) is 23.2. The van der Waals surface area contributed by atoms with E-state index in [0.29, 0.717) is 17.4 Å². The van der Waals surface area contributed by atoms with E-state index in [1.165, 1.54) is 6.07 Å². The lowest BCUT2D eigenvalue weighted by atomic mass is 10.1. The highest BCUT2D eigenvalue weighted by atomic mass is 16.3. The van der Waals surface area contributed by atoms with Crippen LogP contribution in [0.2, 0.25) is 0 Å². The van der Waals surface area contributed by atoms with E-state index in [4.69, 9.17) is 4.42 Å². The molecule has 82 valence electrons. The highest BCUT2D eigenvalue weighted by Gasteiger charge is 2.10. The summed E-state index contributed by atoms with van der Waals surface area (Å²) in [6.45, 7) is 3.64. The highest BCUT2D eigenvalue weighted by molar-refractivity contribution is 5.94. The second-order valence-electron chi connectivity index (χ2n) is 3.75. The van der Waals surface area contributed by atoms with E-state index in [1.54, 1.807) is 19.1 Å². The van der Waals surface area contributed by atoms with Crippen LogP contribution in [0.1, 0.15) is 29.5 Å². The number of hydrogen-bond donors (Lipinski definition) is 0. The van der Waals surface area contributed by atoms with E-state index in [2.05, 4.69) is 0 Å². The molecule has 0 aliphatic carbocycles. The first-order valence-electron chi connectivity index (χ1n) is 5.19. The van der Waals surface area contributed by atoms with Crippen molar-refractivity contribution >= 4 is 16.8 Å². The van der Waals surface area contributed by atoms with Gasteiger partial charge in [0.2, 0.25) is 0 Å². The van der Waals surface area contributed by atoms with Crippen molar-refractivity contribution in [2.24, 2.45) is 0 Å². The van der Waals surface area contributed by atoms with Gasteiger partial charge >= 0.3 is 0 Å². The molecule has 2 rings (SSSR count). The average molecular weight is 216 g/mol. The van der Waals surface area contributed by atoms with Crippen LogP contribution in [-0.4, -0.2) is 5.78 Å². The lowest BCUT2D eigenvalue weighted by Gasteiger charge is -2.01. The van der Waals surface area contributed by atoms with E-state index in [1.807, 2.05) is 13.0 Å². The van der Waals surface area contributed by atoms with Gasteiger partial charge in [0.1, 0.15) is 5.58 Å². The maximum Gasteiger partial charge on any atom is 0.197 e. The first-order chi connectivity index (χ1) is 7.61. The molecule has 16 heavy (non-hydrogen) atoms. The number of carbonyl (C=O) groups is 1. The van der Waals surface area contributed by atoms with E-state index in [0.717, 1.165) is 5.56 Å². The Hall–Kier alpha value is -1.90. The molecule has 1 aromatic heterocycles. The van der Waals surface area contributed by atoms with E-state index < -0.39 is 0 Å². The van der Waals surface area contributed by atoms with E-state index >= 15 is 0 Å². The van der Waals surface area contributed by atoms with Crippen LogP contribution < -0.4 is 5.43 Å². The third-order valence-electron chi connectivity index (χ3n) is 2.48. The number of Topliss-reactive ketones (excluding diaryl/α,β-unsaturated/α-hetero) is 1. The molecule has 0 spiro atoms. The highest BCUT2D eigenvalue weighted by Crippen LogP contribution is 2.14. The molecule has 2 aromatic rings. The molecule has 0 saturated carbocycles. The van der Waals surface area contributed by atoms with Gasteiger partial charge < -0.3 is 4.42 Å². The molecule has 0 amide bonds. The fraction of sp³-hybridized carbons (Fsp3) is 0.231. The number of rotatable bonds is 2. The topological polar surface area (TPSA) is 47.3 Å². The molecule has 0 saturated heterocycles. The predicted octanol–water partition coefficient (Wildman–Crippen LogP) is 2.69. The predicted molar refractivity (Wildman–Crippen MR) is 61.8 cm³/mol. The molecule has 1 aromatic carbocycles. The number of fused-ring (bicyclic) bond motifs is 1. The Bertz CT molecular complexity index is 608. The van der Waals surface area contributed by atoms with Crippen LogP contribution in [0.15, 0.2) is 33.5 Å². The Balaban J connectivity index is 2.73. The fourth-order valence-corrected chi connectivity index (χ4v) is 1.58. The van der Waals surface area contributed by atoms with Crippen LogP contribution >= 0.6 is 0 Å². The van der Waals surface area contributed by atoms with Gasteiger partial charge in [0, 0.05) is 12.5 Å². The Morgan fingerprint density at radius 1 is 1.31 bits per heavy atom. The monoisotopic (exact) mass is 216 g/mol. The molecule has 0 unspecified atom stereocenters. The van der Waals surface area contributed by atoms with Crippen LogP contribution in [0, 0.1) is 6.92 Å². The first kappa shape index (κ1) is 10.6. The summed E-state index contributed by atoms with van der Waals surface area (Å²) >= 11 is 0. The molecule has 0 fully saturated rings. The van der Waals surface area contributed by atoms with Crippen LogP contribution in [0.5, 0.6) is 0 Å². The zero-order chi connectivity index (χ0) is 11.7. The quantitative estimate of drug-likeness (QED) is 0.725. The van der Waals surface area contributed by atoms with Crippen LogP contribution in [0.3, 0.4) is 0 Å². The van der Waals surface area contributed by atoms with Crippen molar-refractivity contribution in [2.75, 3.05) is 0 Å². The summed E-state index contributed by atoms with van der Waals surface area (Å²) in [6.07, 6.45) is 0.334. The molecule has 0 aliphatic heterocycles. The van der Waals surface area contributed by atoms with Crippen molar-refractivity contribution in [1.29, 1.82) is 0 Å². The van der Waals surface area contributed by atoms with Gasteiger partial charge in [0.25, 0.3) is 0 Å². The van der Waals surface area contributed by atoms with E-state index in [-0.39, 0.29) is 17.0 Å². The molecule has 1 heterocycles. The lowest BCUT2D eigenvalue weighted by Crippen LogP contribution is -2.06. The van der Waals surface area contributed by atoms with Crippen LogP contribution in [0.25, 0.3) is 11.0 Å². The summed E-state index contributed by atoms with van der Waals surface area (Å²) in [7, 11) is 0. The minimum absolute atomic E-state index is 0.142. The normalized spacial score (nSPS) is 10.6. The minimum Gasteiger partial charge on any atom is -0.453 e. The molecule has 3 heteroatoms. The van der Waals surface area contributed by atoms with Gasteiger partial charge in [0.15, 0.2) is 17.0 Å². The van der Waals surface area contributed by atoms with Gasteiger partial charge in [0.05, 0.1) is 5.39 Å². The van der Waals surface area contributed by atoms with Gasteiger partial charge in [-0.25, -0.2) is 0 Å². The summed E-state index contributed by atoms with van der Waals surface area (Å²) in [5.41, 5.74) is 1.30. The number of carbonyl (C=O) groups excluding carboxylic acids is 1. The first-order valence-corrected chi connectivity index (χ1v) is 5.19. The zero-order valence-corrected chi connectivity index (χ0v) is 9.24. The van der Waals surface area contributed by atoms with Crippen molar-refractivity contribution in [1.82, 2.24) is 0 Å². The third kappa shape index (κ3) is 1.76. The smallest absolute Gasteiger partial charge is 0.197 e. The summed E-state index contributed by atoms with van der Waals surface area (Å²) in [5, 5.41) is 0.521. The third-order valence-corrected chi connectivity index (χ3v) is 2.48. The molecule has 0 bridgehead atoms. The Morgan fingerprint density at radius 2 is 2.06 bits per heavy atom. The summed E-state index contributed by atoms with van der Waals surface area (Å²) < 4.78 is 5.40. The molecule has 0 N–H and O–H groups in total. The molecule has 0 aliphatic rings. The molecule has 3 nitrogen and oxygen atoms in total. The molecule has 0 radical (unpaired) electrons. The minimum atomic E-state index is -0.165. The molecular formula is C13H12O3. The number of ketones is 1. The van der Waals surface area contributed by atoms with Crippen molar-refractivity contribution in [2.45, 2.75) is 20.3 Å². The van der Waals surface area contributed by atoms with Gasteiger partial charge in [-0.3, -0.25) is 9.59 Å². The second kappa shape index (κ2) is 3.93. The Morgan fingerprint density at radius 3 is 2.75 bits per heavy atom. The van der Waals surface area contributed by atoms with Crippen molar-refractivity contribution in [3.05, 3.63) is 45.8 Å². The summed E-state index contributed by atoms with van der Waals surface area (Å²) in [6, 6.07) is 6.61. The summed E-state index contributed by atoms with van der Waals surface area (Å²) in [5.74, 6) is -0.0107. The standard InChI is InChI=1S/C13H12O3/c1-3-10(14)13-7-11(15)9-6-8(2)4-5-12(9)16-13/h4-7H,3H2,1-2H3. The average Bonchev–Trinajstić information content (AvgIpc) is 2.28. The van der Waals surface area contributed by atoms with Crippen molar-refractivity contribution in [3.8, 4) is 0 Å². The maximum atomic E-state index is 11.8. The SMILES string of the molecule is CCC(=O)c1cc(=O)c2cc(C)ccc2o1. The van der Waals surface area contributed by atoms with Crippen molar-refractivity contribution in [3.63, 3.8) is 0 Å². The molecular weight excluding hydrogens is 204 g/mol. The number of hydrogen-bond acceptors (Lipinski definition) is 3. The van der Waals surface area contributed by atoms with Gasteiger partial charge in [-0.05, 0) is 19.1 Å². The van der Waals surface area contributed by atoms with Crippen LogP contribution in [0.4, 0.5) is 0 Å². The Labute approximate surface area is 92.7 Å². The number of aryl methyl sites for hydroxylation is 1. The Kier molecular flexibility index (Phi) is 2.60. The lowest BCUT2D eigenvalue weighted by molar-refractivity contribution is 0.0962. The second-order valence-corrected chi connectivity index (χ2v) is 3.75. The fourth-order valence-electron chi connectivity index (χ4n) is 1.58. The van der Waals surface area contributed by atoms with Crippen LogP contribution in [-0.2, 0) is 0 Å². The van der Waals surface area contributed by atoms with Gasteiger partial charge in [-0.2, -0.15) is 0 Å². The maximum absolute atomic E-state index is 11.8. The van der Waals surface area contributed by atoms with Gasteiger partial charge in [-0.1, -0.05) is 18.6 Å². The number of benzene rings is 1. The van der Waals surface area contributed by atoms with Crippen molar-refractivity contribution < 1.29 is 9.21 Å². The zero-order valence-electron chi connectivity index (χ0n) is 9.24. The van der Waals surface area contributed by atoms with E-state index in [9.17, 15) is 9.59 Å².